The van der Waals surface area contributed by atoms with Crippen LogP contribution in [-0.4, -0.2) is 35.7 Å². The highest BCUT2D eigenvalue weighted by atomic mass is 79.9. The van der Waals surface area contributed by atoms with Gasteiger partial charge in [0.15, 0.2) is 0 Å². The number of halogens is 1. The molecule has 21 heavy (non-hydrogen) atoms. The van der Waals surface area contributed by atoms with Gasteiger partial charge in [0, 0.05) is 16.9 Å². The number of nitrogens with one attached hydrogen (secondary N) is 1. The topological polar surface area (TPSA) is 69.2 Å². The van der Waals surface area contributed by atoms with Gasteiger partial charge in [-0.1, -0.05) is 6.92 Å². The monoisotopic (exact) mass is 352 g/mol. The van der Waals surface area contributed by atoms with E-state index >= 15 is 0 Å². The Kier molecular flexibility index (Phi) is 5.46. The molecule has 2 aromatic heterocycles. The molecule has 0 aliphatic carbocycles. The number of hydrogen-bond donors (Lipinski definition) is 1. The lowest BCUT2D eigenvalue weighted by atomic mass is 10.1. The van der Waals surface area contributed by atoms with Gasteiger partial charge in [-0.25, -0.2) is 4.98 Å². The number of rotatable bonds is 6. The first-order valence-corrected chi connectivity index (χ1v) is 7.27. The Morgan fingerprint density at radius 1 is 1.24 bits per heavy atom. The predicted molar refractivity (Wildman–Crippen MR) is 82.6 cm³/mol. The molecule has 2 rings (SSSR count). The van der Waals surface area contributed by atoms with E-state index in [4.69, 9.17) is 9.47 Å². The molecule has 0 saturated heterocycles. The van der Waals surface area contributed by atoms with Crippen molar-refractivity contribution < 1.29 is 9.47 Å². The van der Waals surface area contributed by atoms with Crippen LogP contribution in [0, 0.1) is 0 Å². The average Bonchev–Trinajstić information content (AvgIpc) is 2.52. The van der Waals surface area contributed by atoms with Gasteiger partial charge in [0.25, 0.3) is 0 Å². The second-order valence-electron chi connectivity index (χ2n) is 4.23. The molecule has 7 heteroatoms. The maximum atomic E-state index is 5.34. The zero-order valence-corrected chi connectivity index (χ0v) is 13.7. The van der Waals surface area contributed by atoms with Gasteiger partial charge in [0.1, 0.15) is 5.69 Å². The third-order valence-corrected chi connectivity index (χ3v) is 3.32. The lowest BCUT2D eigenvalue weighted by molar-refractivity contribution is 0.352. The molecular weight excluding hydrogens is 336 g/mol. The zero-order chi connectivity index (χ0) is 15.2. The van der Waals surface area contributed by atoms with Gasteiger partial charge >= 0.3 is 0 Å². The molecule has 1 unspecified atom stereocenters. The minimum Gasteiger partial charge on any atom is -0.480 e. The first kappa shape index (κ1) is 15.7. The molecule has 6 nitrogen and oxygen atoms in total. The van der Waals surface area contributed by atoms with E-state index in [0.29, 0.717) is 17.5 Å². The van der Waals surface area contributed by atoms with Gasteiger partial charge in [-0.15, -0.1) is 0 Å². The third-order valence-electron chi connectivity index (χ3n) is 2.89. The minimum atomic E-state index is -0.159. The number of ether oxygens (including phenoxy) is 2. The lowest BCUT2D eigenvalue weighted by Gasteiger charge is -2.19. The first-order chi connectivity index (χ1) is 10.2. The summed E-state index contributed by atoms with van der Waals surface area (Å²) in [6.45, 7) is 2.80. The van der Waals surface area contributed by atoms with Crippen molar-refractivity contribution in [1.82, 2.24) is 20.3 Å². The molecule has 0 amide bonds. The van der Waals surface area contributed by atoms with Gasteiger partial charge in [0.2, 0.25) is 11.8 Å². The minimum absolute atomic E-state index is 0.159. The van der Waals surface area contributed by atoms with Crippen LogP contribution in [0.25, 0.3) is 0 Å². The Balaban J connectivity index is 2.47. The third kappa shape index (κ3) is 3.68. The van der Waals surface area contributed by atoms with E-state index in [0.717, 1.165) is 16.6 Å². The van der Waals surface area contributed by atoms with E-state index < -0.39 is 0 Å². The fourth-order valence-corrected chi connectivity index (χ4v) is 2.36. The van der Waals surface area contributed by atoms with E-state index in [9.17, 15) is 0 Å². The van der Waals surface area contributed by atoms with Gasteiger partial charge in [-0.3, -0.25) is 4.98 Å². The van der Waals surface area contributed by atoms with Crippen molar-refractivity contribution in [1.29, 1.82) is 0 Å². The largest absolute Gasteiger partial charge is 0.480 e. The van der Waals surface area contributed by atoms with Crippen LogP contribution >= 0.6 is 15.9 Å². The Hall–Kier alpha value is -1.73. The van der Waals surface area contributed by atoms with Crippen molar-refractivity contribution in [2.45, 2.75) is 13.0 Å². The molecule has 0 saturated carbocycles. The molecule has 0 bridgehead atoms. The quantitative estimate of drug-likeness (QED) is 0.860. The SMILES string of the molecule is CCNC(c1cncc(Br)c1)c1ncc(OC)nc1OC. The summed E-state index contributed by atoms with van der Waals surface area (Å²) in [4.78, 5) is 12.9. The van der Waals surface area contributed by atoms with Gasteiger partial charge in [-0.05, 0) is 34.1 Å². The molecule has 1 atom stereocenters. The molecule has 1 N–H and O–H groups in total. The Labute approximate surface area is 132 Å². The van der Waals surface area contributed by atoms with Crippen LogP contribution < -0.4 is 14.8 Å². The number of methoxy groups -OCH3 is 2. The second-order valence-corrected chi connectivity index (χ2v) is 5.15. The van der Waals surface area contributed by atoms with Crippen LogP contribution in [-0.2, 0) is 0 Å². The highest BCUT2D eigenvalue weighted by Crippen LogP contribution is 2.29. The van der Waals surface area contributed by atoms with E-state index in [1.165, 1.54) is 0 Å². The maximum Gasteiger partial charge on any atom is 0.240 e. The second kappa shape index (κ2) is 7.33. The lowest BCUT2D eigenvalue weighted by Crippen LogP contribution is -2.24. The van der Waals surface area contributed by atoms with Crippen molar-refractivity contribution in [3.8, 4) is 11.8 Å². The summed E-state index contributed by atoms with van der Waals surface area (Å²) < 4.78 is 11.3. The molecule has 0 aromatic carbocycles. The normalized spacial score (nSPS) is 12.0. The van der Waals surface area contributed by atoms with Crippen molar-refractivity contribution in [3.63, 3.8) is 0 Å². The summed E-state index contributed by atoms with van der Waals surface area (Å²) >= 11 is 3.43. The summed E-state index contributed by atoms with van der Waals surface area (Å²) in [5, 5.41) is 3.37. The molecule has 0 radical (unpaired) electrons. The molecular formula is C14H17BrN4O2. The van der Waals surface area contributed by atoms with E-state index in [2.05, 4.69) is 36.2 Å². The van der Waals surface area contributed by atoms with Crippen molar-refractivity contribution in [3.05, 3.63) is 40.4 Å². The number of hydrogen-bond acceptors (Lipinski definition) is 6. The fourth-order valence-electron chi connectivity index (χ4n) is 1.98. The predicted octanol–water partition coefficient (Wildman–Crippen LogP) is 2.35. The van der Waals surface area contributed by atoms with Crippen molar-refractivity contribution in [2.75, 3.05) is 20.8 Å². The molecule has 2 aromatic rings. The Morgan fingerprint density at radius 2 is 2.05 bits per heavy atom. The smallest absolute Gasteiger partial charge is 0.240 e. The summed E-state index contributed by atoms with van der Waals surface area (Å²) in [6, 6.07) is 1.83. The average molecular weight is 353 g/mol. The van der Waals surface area contributed by atoms with Crippen molar-refractivity contribution in [2.24, 2.45) is 0 Å². The maximum absolute atomic E-state index is 5.34. The van der Waals surface area contributed by atoms with Crippen LogP contribution in [0.1, 0.15) is 24.2 Å². The van der Waals surface area contributed by atoms with E-state index in [1.807, 2.05) is 13.0 Å². The Bertz CT molecular complexity index is 609. The number of nitrogens with zero attached hydrogens (tertiary/aromatic N) is 3. The van der Waals surface area contributed by atoms with Crippen molar-refractivity contribution >= 4 is 15.9 Å². The molecule has 0 spiro atoms. The van der Waals surface area contributed by atoms with E-state index in [1.54, 1.807) is 32.8 Å². The summed E-state index contributed by atoms with van der Waals surface area (Å²) in [5.41, 5.74) is 1.67. The molecule has 0 fully saturated rings. The van der Waals surface area contributed by atoms with Crippen LogP contribution in [0.2, 0.25) is 0 Å². The molecule has 0 aliphatic rings. The van der Waals surface area contributed by atoms with Crippen LogP contribution in [0.5, 0.6) is 11.8 Å². The summed E-state index contributed by atoms with van der Waals surface area (Å²) in [7, 11) is 3.11. The summed E-state index contributed by atoms with van der Waals surface area (Å²) in [5.74, 6) is 0.846. The van der Waals surface area contributed by atoms with Gasteiger partial charge in [0.05, 0.1) is 26.5 Å². The highest BCUT2D eigenvalue weighted by Gasteiger charge is 2.21. The summed E-state index contributed by atoms with van der Waals surface area (Å²) in [6.07, 6.45) is 5.11. The van der Waals surface area contributed by atoms with Crippen LogP contribution in [0.3, 0.4) is 0 Å². The zero-order valence-electron chi connectivity index (χ0n) is 12.1. The van der Waals surface area contributed by atoms with Crippen LogP contribution in [0.4, 0.5) is 0 Å². The van der Waals surface area contributed by atoms with Gasteiger partial charge in [-0.2, -0.15) is 4.98 Å². The van der Waals surface area contributed by atoms with E-state index in [-0.39, 0.29) is 6.04 Å². The molecule has 2 heterocycles. The standard InChI is InChI=1S/C14H17BrN4O2/c1-4-17-12(9-5-10(15)7-16-6-9)13-14(21-3)19-11(20-2)8-18-13/h5-8,12,17H,4H2,1-3H3. The number of aromatic nitrogens is 3. The molecule has 112 valence electrons. The van der Waals surface area contributed by atoms with Gasteiger partial charge < -0.3 is 14.8 Å². The number of pyridine rings is 1. The fraction of sp³-hybridized carbons (Fsp3) is 0.357. The molecule has 0 aliphatic heterocycles. The first-order valence-electron chi connectivity index (χ1n) is 6.48. The Morgan fingerprint density at radius 3 is 2.67 bits per heavy atom. The van der Waals surface area contributed by atoms with Crippen LogP contribution in [0.15, 0.2) is 29.1 Å². The highest BCUT2D eigenvalue weighted by molar-refractivity contribution is 9.10.